The predicted molar refractivity (Wildman–Crippen MR) is 102 cm³/mol. The largest absolute Gasteiger partial charge is 0.494 e. The third-order valence-electron chi connectivity index (χ3n) is 3.92. The zero-order chi connectivity index (χ0) is 19.6. The van der Waals surface area contributed by atoms with Gasteiger partial charge in [-0.2, -0.15) is 13.5 Å². The number of methoxy groups -OCH3 is 1. The van der Waals surface area contributed by atoms with E-state index < -0.39 is 15.8 Å². The van der Waals surface area contributed by atoms with Crippen molar-refractivity contribution in [1.82, 2.24) is 5.01 Å². The van der Waals surface area contributed by atoms with E-state index in [0.29, 0.717) is 17.7 Å². The van der Waals surface area contributed by atoms with Crippen molar-refractivity contribution in [3.8, 4) is 5.75 Å². The van der Waals surface area contributed by atoms with Crippen molar-refractivity contribution in [3.05, 3.63) is 59.4 Å². The summed E-state index contributed by atoms with van der Waals surface area (Å²) in [6.45, 7) is 4.47. The molecule has 1 heterocycles. The van der Waals surface area contributed by atoms with Gasteiger partial charge in [-0.05, 0) is 35.7 Å². The maximum absolute atomic E-state index is 13.6. The van der Waals surface area contributed by atoms with Crippen molar-refractivity contribution in [3.63, 3.8) is 0 Å². The number of amidine groups is 1. The Balaban J connectivity index is 1.99. The van der Waals surface area contributed by atoms with E-state index in [-0.39, 0.29) is 22.4 Å². The summed E-state index contributed by atoms with van der Waals surface area (Å²) < 4.78 is 47.1. The first-order valence-electron chi connectivity index (χ1n) is 8.41. The normalized spacial score (nSPS) is 15.1. The summed E-state index contributed by atoms with van der Waals surface area (Å²) in [6.07, 6.45) is 1.53. The van der Waals surface area contributed by atoms with Crippen LogP contribution in [0.3, 0.4) is 0 Å². The number of benzene rings is 2. The number of rotatable bonds is 5. The molecule has 142 valence electrons. The van der Waals surface area contributed by atoms with Gasteiger partial charge in [0.25, 0.3) is 10.0 Å². The molecule has 0 saturated carbocycles. The Bertz CT molecular complexity index is 1020. The number of hydrogen-bond donors (Lipinski definition) is 0. The molecule has 0 bridgehead atoms. The SMILES string of the molecule is COc1cc(/C=N/N(CC(C)C)C2=NS(=O)(=O)c3ccccc32)ccc1F. The van der Waals surface area contributed by atoms with Crippen LogP contribution in [0.2, 0.25) is 0 Å². The number of fused-ring (bicyclic) bond motifs is 1. The molecule has 6 nitrogen and oxygen atoms in total. The maximum Gasteiger partial charge on any atom is 0.285 e. The fourth-order valence-corrected chi connectivity index (χ4v) is 3.91. The van der Waals surface area contributed by atoms with Crippen LogP contribution in [0.5, 0.6) is 5.75 Å². The molecule has 0 aliphatic carbocycles. The molecular formula is C19H20FN3O3S. The number of ether oxygens (including phenoxy) is 1. The highest BCUT2D eigenvalue weighted by atomic mass is 32.2. The second kappa shape index (κ2) is 7.48. The van der Waals surface area contributed by atoms with Gasteiger partial charge in [0, 0.05) is 12.1 Å². The van der Waals surface area contributed by atoms with Crippen LogP contribution in [0, 0.1) is 11.7 Å². The number of nitrogens with zero attached hydrogens (tertiary/aromatic N) is 3. The monoisotopic (exact) mass is 389 g/mol. The highest BCUT2D eigenvalue weighted by Gasteiger charge is 2.31. The van der Waals surface area contributed by atoms with Crippen molar-refractivity contribution in [2.24, 2.45) is 15.4 Å². The third kappa shape index (κ3) is 4.00. The van der Waals surface area contributed by atoms with Gasteiger partial charge in [-0.25, -0.2) is 9.40 Å². The van der Waals surface area contributed by atoms with Crippen LogP contribution in [0.4, 0.5) is 4.39 Å². The Morgan fingerprint density at radius 3 is 2.70 bits per heavy atom. The lowest BCUT2D eigenvalue weighted by Crippen LogP contribution is -2.29. The first kappa shape index (κ1) is 19.0. The molecule has 1 aliphatic rings. The van der Waals surface area contributed by atoms with Crippen LogP contribution >= 0.6 is 0 Å². The summed E-state index contributed by atoms with van der Waals surface area (Å²) in [5.74, 6) is 0.141. The maximum atomic E-state index is 13.6. The first-order valence-corrected chi connectivity index (χ1v) is 9.85. The zero-order valence-corrected chi connectivity index (χ0v) is 16.1. The topological polar surface area (TPSA) is 71.3 Å². The fraction of sp³-hybridized carbons (Fsp3) is 0.263. The van der Waals surface area contributed by atoms with E-state index in [2.05, 4.69) is 9.50 Å². The van der Waals surface area contributed by atoms with E-state index >= 15 is 0 Å². The van der Waals surface area contributed by atoms with E-state index in [1.807, 2.05) is 13.8 Å². The van der Waals surface area contributed by atoms with Crippen molar-refractivity contribution >= 4 is 22.1 Å². The summed E-state index contributed by atoms with van der Waals surface area (Å²) in [5.41, 5.74) is 1.14. The number of halogens is 1. The van der Waals surface area contributed by atoms with Gasteiger partial charge in [0.2, 0.25) is 0 Å². The first-order chi connectivity index (χ1) is 12.8. The molecule has 0 N–H and O–H groups in total. The molecule has 2 aromatic carbocycles. The van der Waals surface area contributed by atoms with Gasteiger partial charge in [-0.1, -0.05) is 32.0 Å². The van der Waals surface area contributed by atoms with Gasteiger partial charge < -0.3 is 4.74 Å². The van der Waals surface area contributed by atoms with Crippen LogP contribution in [-0.4, -0.2) is 39.1 Å². The van der Waals surface area contributed by atoms with Gasteiger partial charge in [0.15, 0.2) is 17.4 Å². The van der Waals surface area contributed by atoms with Crippen molar-refractivity contribution in [1.29, 1.82) is 0 Å². The standard InChI is InChI=1S/C19H20FN3O3S/c1-13(2)12-23(21-11-14-8-9-16(20)17(10-14)26-3)19-15-6-4-5-7-18(15)27(24,25)22-19/h4-11,13H,12H2,1-3H3/b21-11+. The Hall–Kier alpha value is -2.74. The molecule has 1 aliphatic heterocycles. The number of hydrogen-bond acceptors (Lipinski definition) is 5. The third-order valence-corrected chi connectivity index (χ3v) is 5.24. The quantitative estimate of drug-likeness (QED) is 0.581. The minimum atomic E-state index is -3.73. The average molecular weight is 389 g/mol. The minimum Gasteiger partial charge on any atom is -0.494 e. The van der Waals surface area contributed by atoms with Gasteiger partial charge in [0.1, 0.15) is 4.90 Å². The highest BCUT2D eigenvalue weighted by molar-refractivity contribution is 7.90. The molecule has 3 rings (SSSR count). The molecular weight excluding hydrogens is 369 g/mol. The lowest BCUT2D eigenvalue weighted by Gasteiger charge is -2.21. The summed E-state index contributed by atoms with van der Waals surface area (Å²) in [6, 6.07) is 11.0. The van der Waals surface area contributed by atoms with Crippen molar-refractivity contribution < 1.29 is 17.5 Å². The Labute approximate surface area is 158 Å². The second-order valence-corrected chi connectivity index (χ2v) is 8.07. The van der Waals surface area contributed by atoms with E-state index in [0.717, 1.165) is 0 Å². The fourth-order valence-electron chi connectivity index (χ4n) is 2.70. The van der Waals surface area contributed by atoms with Crippen molar-refractivity contribution in [2.45, 2.75) is 18.7 Å². The second-order valence-electron chi connectivity index (χ2n) is 6.50. The smallest absolute Gasteiger partial charge is 0.285 e. The Morgan fingerprint density at radius 2 is 2.00 bits per heavy atom. The molecule has 0 spiro atoms. The lowest BCUT2D eigenvalue weighted by atomic mass is 10.1. The molecule has 0 fully saturated rings. The molecule has 0 radical (unpaired) electrons. The molecule has 0 atom stereocenters. The van der Waals surface area contributed by atoms with Crippen LogP contribution in [0.25, 0.3) is 0 Å². The molecule has 0 saturated heterocycles. The van der Waals surface area contributed by atoms with Crippen LogP contribution in [-0.2, 0) is 10.0 Å². The molecule has 0 unspecified atom stereocenters. The molecule has 2 aromatic rings. The van der Waals surface area contributed by atoms with Crippen LogP contribution in [0.15, 0.2) is 56.9 Å². The number of hydrazone groups is 1. The molecule has 8 heteroatoms. The highest BCUT2D eigenvalue weighted by Crippen LogP contribution is 2.28. The Morgan fingerprint density at radius 1 is 1.26 bits per heavy atom. The summed E-state index contributed by atoms with van der Waals surface area (Å²) in [7, 11) is -2.34. The summed E-state index contributed by atoms with van der Waals surface area (Å²) in [5, 5.41) is 5.98. The van der Waals surface area contributed by atoms with E-state index in [4.69, 9.17) is 4.74 Å². The van der Waals surface area contributed by atoms with Gasteiger partial charge in [0.05, 0.1) is 13.3 Å². The molecule has 27 heavy (non-hydrogen) atoms. The van der Waals surface area contributed by atoms with Crippen LogP contribution < -0.4 is 4.74 Å². The zero-order valence-electron chi connectivity index (χ0n) is 15.3. The van der Waals surface area contributed by atoms with E-state index in [1.54, 1.807) is 29.3 Å². The van der Waals surface area contributed by atoms with Crippen LogP contribution in [0.1, 0.15) is 25.0 Å². The van der Waals surface area contributed by atoms with E-state index in [9.17, 15) is 12.8 Å². The molecule has 0 amide bonds. The van der Waals surface area contributed by atoms with E-state index in [1.165, 1.54) is 31.5 Å². The number of sulfonamides is 1. The summed E-state index contributed by atoms with van der Waals surface area (Å²) in [4.78, 5) is 0.174. The Kier molecular flexibility index (Phi) is 5.27. The van der Waals surface area contributed by atoms with Crippen molar-refractivity contribution in [2.75, 3.05) is 13.7 Å². The van der Waals surface area contributed by atoms with Gasteiger partial charge in [-0.15, -0.1) is 4.40 Å². The van der Waals surface area contributed by atoms with Gasteiger partial charge >= 0.3 is 0 Å². The average Bonchev–Trinajstić information content (AvgIpc) is 2.91. The summed E-state index contributed by atoms with van der Waals surface area (Å²) >= 11 is 0. The predicted octanol–water partition coefficient (Wildman–Crippen LogP) is 3.28. The minimum absolute atomic E-state index is 0.112. The lowest BCUT2D eigenvalue weighted by molar-refractivity contribution is 0.384. The van der Waals surface area contributed by atoms with Gasteiger partial charge in [-0.3, -0.25) is 0 Å². The molecule has 0 aromatic heterocycles.